The second-order valence-electron chi connectivity index (χ2n) is 7.80. The highest BCUT2D eigenvalue weighted by Crippen LogP contribution is 2.29. The van der Waals surface area contributed by atoms with Crippen molar-refractivity contribution >= 4 is 23.4 Å². The molecule has 2 saturated heterocycles. The van der Waals surface area contributed by atoms with Crippen LogP contribution in [0.3, 0.4) is 0 Å². The molecule has 0 bridgehead atoms. The molecule has 9 nitrogen and oxygen atoms in total. The van der Waals surface area contributed by atoms with E-state index in [1.165, 1.54) is 12.8 Å². The Labute approximate surface area is 183 Å². The van der Waals surface area contributed by atoms with Gasteiger partial charge in [-0.15, -0.1) is 0 Å². The normalized spacial score (nSPS) is 16.4. The molecule has 2 aromatic rings. The van der Waals surface area contributed by atoms with E-state index >= 15 is 0 Å². The number of amides is 2. The molecule has 0 saturated carbocycles. The van der Waals surface area contributed by atoms with Crippen molar-refractivity contribution in [3.05, 3.63) is 30.1 Å². The Morgan fingerprint density at radius 2 is 1.55 bits per heavy atom. The SMILES string of the molecule is COc1ccc(OC)c(NC(=O)N2CCN(c3cc(N4CCCC4)nc(C)n3)CC2)c1. The number of hydrogen-bond acceptors (Lipinski definition) is 7. The number of anilines is 3. The Morgan fingerprint density at radius 1 is 0.903 bits per heavy atom. The number of piperazine rings is 1. The molecule has 2 fully saturated rings. The van der Waals surface area contributed by atoms with E-state index in [1.807, 2.05) is 11.8 Å². The predicted molar refractivity (Wildman–Crippen MR) is 121 cm³/mol. The van der Waals surface area contributed by atoms with E-state index < -0.39 is 0 Å². The molecule has 1 N–H and O–H groups in total. The molecule has 2 aliphatic heterocycles. The van der Waals surface area contributed by atoms with Crippen molar-refractivity contribution in [1.29, 1.82) is 0 Å². The van der Waals surface area contributed by atoms with Crippen molar-refractivity contribution < 1.29 is 14.3 Å². The number of methoxy groups -OCH3 is 2. The van der Waals surface area contributed by atoms with E-state index in [1.54, 1.807) is 32.4 Å². The van der Waals surface area contributed by atoms with Crippen molar-refractivity contribution in [2.75, 3.05) is 68.6 Å². The molecule has 4 rings (SSSR count). The highest BCUT2D eigenvalue weighted by atomic mass is 16.5. The fourth-order valence-corrected chi connectivity index (χ4v) is 4.05. The lowest BCUT2D eigenvalue weighted by Crippen LogP contribution is -2.50. The summed E-state index contributed by atoms with van der Waals surface area (Å²) in [5.74, 6) is 3.98. The minimum Gasteiger partial charge on any atom is -0.497 e. The predicted octanol–water partition coefficient (Wildman–Crippen LogP) is 2.76. The van der Waals surface area contributed by atoms with Gasteiger partial charge in [-0.25, -0.2) is 14.8 Å². The van der Waals surface area contributed by atoms with Crippen molar-refractivity contribution in [3.8, 4) is 11.5 Å². The molecule has 2 aliphatic rings. The summed E-state index contributed by atoms with van der Waals surface area (Å²) in [4.78, 5) is 28.5. The van der Waals surface area contributed by atoms with E-state index in [9.17, 15) is 4.79 Å². The van der Waals surface area contributed by atoms with Gasteiger partial charge in [-0.05, 0) is 31.9 Å². The Hall–Kier alpha value is -3.23. The van der Waals surface area contributed by atoms with Gasteiger partial charge in [0.15, 0.2) is 0 Å². The highest BCUT2D eigenvalue weighted by Gasteiger charge is 2.24. The van der Waals surface area contributed by atoms with E-state index in [4.69, 9.17) is 9.47 Å². The maximum absolute atomic E-state index is 12.8. The van der Waals surface area contributed by atoms with Crippen LogP contribution in [-0.2, 0) is 0 Å². The van der Waals surface area contributed by atoms with Crippen LogP contribution in [0.4, 0.5) is 22.1 Å². The molecule has 3 heterocycles. The zero-order chi connectivity index (χ0) is 21.8. The standard InChI is InChI=1S/C22H30N6O3/c1-16-23-20(26-8-4-5-9-26)15-21(24-16)27-10-12-28(13-11-27)22(29)25-18-14-17(30-2)6-7-19(18)31-3/h6-7,14-15H,4-5,8-13H2,1-3H3,(H,25,29). The van der Waals surface area contributed by atoms with Crippen molar-refractivity contribution in [2.24, 2.45) is 0 Å². The average molecular weight is 427 g/mol. The number of carbonyl (C=O) groups excluding carboxylic acids is 1. The van der Waals surface area contributed by atoms with Crippen molar-refractivity contribution in [1.82, 2.24) is 14.9 Å². The van der Waals surface area contributed by atoms with E-state index in [2.05, 4.69) is 31.2 Å². The lowest BCUT2D eigenvalue weighted by molar-refractivity contribution is 0.208. The van der Waals surface area contributed by atoms with Crippen LogP contribution in [-0.4, -0.2) is 74.4 Å². The molecule has 0 radical (unpaired) electrons. The van der Waals surface area contributed by atoms with Gasteiger partial charge in [-0.2, -0.15) is 0 Å². The van der Waals surface area contributed by atoms with Crippen LogP contribution < -0.4 is 24.6 Å². The first-order chi connectivity index (χ1) is 15.1. The van der Waals surface area contributed by atoms with Gasteiger partial charge in [0, 0.05) is 51.4 Å². The van der Waals surface area contributed by atoms with Gasteiger partial charge in [-0.3, -0.25) is 0 Å². The number of carbonyl (C=O) groups is 1. The van der Waals surface area contributed by atoms with Crippen molar-refractivity contribution in [2.45, 2.75) is 19.8 Å². The number of hydrogen-bond donors (Lipinski definition) is 1. The first-order valence-electron chi connectivity index (χ1n) is 10.7. The largest absolute Gasteiger partial charge is 0.497 e. The fourth-order valence-electron chi connectivity index (χ4n) is 4.05. The lowest BCUT2D eigenvalue weighted by Gasteiger charge is -2.35. The number of ether oxygens (including phenoxy) is 2. The summed E-state index contributed by atoms with van der Waals surface area (Å²) < 4.78 is 10.6. The number of aromatic nitrogens is 2. The van der Waals surface area contributed by atoms with Gasteiger partial charge in [0.1, 0.15) is 29.0 Å². The van der Waals surface area contributed by atoms with Gasteiger partial charge in [0.2, 0.25) is 0 Å². The Balaban J connectivity index is 1.39. The summed E-state index contributed by atoms with van der Waals surface area (Å²) in [6.45, 7) is 6.71. The summed E-state index contributed by atoms with van der Waals surface area (Å²) in [5, 5.41) is 2.95. The molecule has 31 heavy (non-hydrogen) atoms. The van der Waals surface area contributed by atoms with Crippen LogP contribution in [0.15, 0.2) is 24.3 Å². The third kappa shape index (κ3) is 4.76. The number of nitrogens with one attached hydrogen (secondary N) is 1. The zero-order valence-corrected chi connectivity index (χ0v) is 18.4. The molecule has 1 aromatic heterocycles. The van der Waals surface area contributed by atoms with Gasteiger partial charge < -0.3 is 29.5 Å². The summed E-state index contributed by atoms with van der Waals surface area (Å²) >= 11 is 0. The number of urea groups is 1. The monoisotopic (exact) mass is 426 g/mol. The van der Waals surface area contributed by atoms with Gasteiger partial charge >= 0.3 is 6.03 Å². The quantitative estimate of drug-likeness (QED) is 0.787. The van der Waals surface area contributed by atoms with Crippen LogP contribution in [0.1, 0.15) is 18.7 Å². The third-order valence-corrected chi connectivity index (χ3v) is 5.78. The summed E-state index contributed by atoms with van der Waals surface area (Å²) in [5.41, 5.74) is 0.593. The van der Waals surface area contributed by atoms with E-state index in [-0.39, 0.29) is 6.03 Å². The maximum atomic E-state index is 12.8. The van der Waals surface area contributed by atoms with Crippen LogP contribution in [0.5, 0.6) is 11.5 Å². The van der Waals surface area contributed by atoms with Crippen LogP contribution in [0, 0.1) is 6.92 Å². The molecule has 0 spiro atoms. The molecular formula is C22H30N6O3. The fraction of sp³-hybridized carbons (Fsp3) is 0.500. The second kappa shape index (κ2) is 9.28. The minimum atomic E-state index is -0.150. The molecule has 1 aromatic carbocycles. The van der Waals surface area contributed by atoms with Gasteiger partial charge in [-0.1, -0.05) is 0 Å². The lowest BCUT2D eigenvalue weighted by atomic mass is 10.2. The molecule has 0 unspecified atom stereocenters. The molecule has 0 atom stereocenters. The molecular weight excluding hydrogens is 396 g/mol. The smallest absolute Gasteiger partial charge is 0.322 e. The van der Waals surface area contributed by atoms with E-state index in [0.29, 0.717) is 30.3 Å². The first kappa shape index (κ1) is 21.0. The van der Waals surface area contributed by atoms with Gasteiger partial charge in [0.05, 0.1) is 19.9 Å². The van der Waals surface area contributed by atoms with Gasteiger partial charge in [0.25, 0.3) is 0 Å². The Bertz CT molecular complexity index is 923. The third-order valence-electron chi connectivity index (χ3n) is 5.78. The van der Waals surface area contributed by atoms with Crippen molar-refractivity contribution in [3.63, 3.8) is 0 Å². The molecule has 9 heteroatoms. The summed E-state index contributed by atoms with van der Waals surface area (Å²) in [7, 11) is 3.17. The Kier molecular flexibility index (Phi) is 6.29. The van der Waals surface area contributed by atoms with Crippen LogP contribution in [0.2, 0.25) is 0 Å². The van der Waals surface area contributed by atoms with Crippen LogP contribution >= 0.6 is 0 Å². The number of benzene rings is 1. The Morgan fingerprint density at radius 3 is 2.16 bits per heavy atom. The molecule has 166 valence electrons. The second-order valence-corrected chi connectivity index (χ2v) is 7.80. The average Bonchev–Trinajstić information content (AvgIpc) is 3.34. The number of nitrogens with zero attached hydrogens (tertiary/aromatic N) is 5. The minimum absolute atomic E-state index is 0.150. The number of aryl methyl sites for hydroxylation is 1. The molecule has 0 aliphatic carbocycles. The first-order valence-corrected chi connectivity index (χ1v) is 10.7. The maximum Gasteiger partial charge on any atom is 0.322 e. The highest BCUT2D eigenvalue weighted by molar-refractivity contribution is 5.91. The summed E-state index contributed by atoms with van der Waals surface area (Å²) in [6.07, 6.45) is 2.43. The topological polar surface area (TPSA) is 83.1 Å². The molecule has 2 amide bonds. The van der Waals surface area contributed by atoms with Crippen LogP contribution in [0.25, 0.3) is 0 Å². The number of rotatable bonds is 5. The summed E-state index contributed by atoms with van der Waals surface area (Å²) in [6, 6.07) is 7.27. The zero-order valence-electron chi connectivity index (χ0n) is 18.4. The van der Waals surface area contributed by atoms with E-state index in [0.717, 1.165) is 43.6 Å².